The summed E-state index contributed by atoms with van der Waals surface area (Å²) in [6.45, 7) is 4.28. The molecule has 1 fully saturated rings. The van der Waals surface area contributed by atoms with Gasteiger partial charge < -0.3 is 4.98 Å². The monoisotopic (exact) mass is 256 g/mol. The number of nitrogens with zero attached hydrogens (tertiary/aromatic N) is 1. The zero-order valence-electron chi connectivity index (χ0n) is 10.7. The molecule has 3 heteroatoms. The second-order valence-corrected chi connectivity index (χ2v) is 5.70. The fourth-order valence-corrected chi connectivity index (χ4v) is 2.33. The third-order valence-electron chi connectivity index (χ3n) is 3.79. The quantitative estimate of drug-likeness (QED) is 0.817. The van der Waals surface area contributed by atoms with E-state index in [-0.39, 0.29) is 5.41 Å². The van der Waals surface area contributed by atoms with Gasteiger partial charge in [-0.3, -0.25) is 0 Å². The molecule has 0 saturated heterocycles. The molecule has 2 aromatic rings. The Hall–Kier alpha value is -1.48. The van der Waals surface area contributed by atoms with Gasteiger partial charge in [-0.25, -0.2) is 4.98 Å². The molecule has 0 bridgehead atoms. The number of rotatable bonds is 2. The topological polar surface area (TPSA) is 28.7 Å². The fourth-order valence-electron chi connectivity index (χ4n) is 2.14. The average Bonchev–Trinajstić information content (AvgIpc) is 3.13. The molecule has 1 aromatic carbocycles. The second kappa shape index (κ2) is 4.02. The molecule has 18 heavy (non-hydrogen) atoms. The van der Waals surface area contributed by atoms with Crippen molar-refractivity contribution < 1.29 is 0 Å². The van der Waals surface area contributed by atoms with Gasteiger partial charge in [-0.15, -0.1) is 0 Å². The van der Waals surface area contributed by atoms with E-state index in [9.17, 15) is 0 Å². The number of nitrogens with one attached hydrogen (secondary N) is 1. The highest BCUT2D eigenvalue weighted by Gasteiger charge is 2.41. The van der Waals surface area contributed by atoms with Crippen LogP contribution in [0.3, 0.4) is 0 Å². The fraction of sp³-hybridized carbons (Fsp3) is 0.333. The van der Waals surface area contributed by atoms with Crippen molar-refractivity contribution in [2.24, 2.45) is 0 Å². The molecular weight excluding hydrogens is 240 g/mol. The SMILES string of the molecule is Cc1c(-c2ccccc2)[nH]c(C2(C)CC2)nc1=S. The molecule has 0 unspecified atom stereocenters. The zero-order valence-corrected chi connectivity index (χ0v) is 11.5. The van der Waals surface area contributed by atoms with Gasteiger partial charge in [-0.05, 0) is 25.3 Å². The summed E-state index contributed by atoms with van der Waals surface area (Å²) in [6, 6.07) is 10.3. The van der Waals surface area contributed by atoms with Crippen molar-refractivity contribution in [3.63, 3.8) is 0 Å². The Morgan fingerprint density at radius 3 is 2.50 bits per heavy atom. The van der Waals surface area contributed by atoms with Crippen LogP contribution in [0.1, 0.15) is 31.2 Å². The van der Waals surface area contributed by atoms with Crippen molar-refractivity contribution in [3.05, 3.63) is 46.4 Å². The number of hydrogen-bond acceptors (Lipinski definition) is 2. The van der Waals surface area contributed by atoms with Crippen LogP contribution in [-0.2, 0) is 5.41 Å². The minimum Gasteiger partial charge on any atom is -0.342 e. The molecule has 0 aliphatic heterocycles. The van der Waals surface area contributed by atoms with Crippen molar-refractivity contribution in [3.8, 4) is 11.3 Å². The normalized spacial score (nSPS) is 16.6. The molecule has 1 N–H and O–H groups in total. The Labute approximate surface area is 112 Å². The van der Waals surface area contributed by atoms with E-state index in [1.165, 1.54) is 18.4 Å². The molecule has 92 valence electrons. The van der Waals surface area contributed by atoms with Gasteiger partial charge in [0.05, 0.1) is 5.69 Å². The molecule has 0 radical (unpaired) electrons. The number of aromatic amines is 1. The van der Waals surface area contributed by atoms with E-state index in [1.54, 1.807) is 0 Å². The Bertz CT molecular complexity index is 639. The summed E-state index contributed by atoms with van der Waals surface area (Å²) in [5, 5.41) is 0. The first-order valence-corrected chi connectivity index (χ1v) is 6.68. The summed E-state index contributed by atoms with van der Waals surface area (Å²) in [5.41, 5.74) is 3.56. The van der Waals surface area contributed by atoms with Crippen molar-refractivity contribution in [2.75, 3.05) is 0 Å². The molecular formula is C15H16N2S. The minimum atomic E-state index is 0.213. The summed E-state index contributed by atoms with van der Waals surface area (Å²) < 4.78 is 0.718. The predicted molar refractivity (Wildman–Crippen MR) is 76.2 cm³/mol. The molecule has 0 spiro atoms. The van der Waals surface area contributed by atoms with Gasteiger partial charge in [0, 0.05) is 11.0 Å². The molecule has 1 aliphatic carbocycles. The summed E-state index contributed by atoms with van der Waals surface area (Å²) in [6.07, 6.45) is 2.39. The van der Waals surface area contributed by atoms with Gasteiger partial charge in [0.15, 0.2) is 0 Å². The molecule has 2 nitrogen and oxygen atoms in total. The van der Waals surface area contributed by atoms with Crippen LogP contribution in [0.5, 0.6) is 0 Å². The molecule has 1 saturated carbocycles. The van der Waals surface area contributed by atoms with E-state index >= 15 is 0 Å². The van der Waals surface area contributed by atoms with Crippen LogP contribution in [0.15, 0.2) is 30.3 Å². The average molecular weight is 256 g/mol. The molecule has 0 atom stereocenters. The third kappa shape index (κ3) is 1.89. The van der Waals surface area contributed by atoms with E-state index in [0.717, 1.165) is 21.7 Å². The van der Waals surface area contributed by atoms with Gasteiger partial charge in [-0.2, -0.15) is 0 Å². The van der Waals surface area contributed by atoms with Gasteiger partial charge in [0.1, 0.15) is 10.5 Å². The van der Waals surface area contributed by atoms with E-state index < -0.39 is 0 Å². The first-order chi connectivity index (χ1) is 8.60. The molecule has 1 aromatic heterocycles. The Morgan fingerprint density at radius 1 is 1.22 bits per heavy atom. The number of aromatic nitrogens is 2. The zero-order chi connectivity index (χ0) is 12.8. The second-order valence-electron chi connectivity index (χ2n) is 5.32. The maximum absolute atomic E-state index is 5.39. The van der Waals surface area contributed by atoms with Crippen LogP contribution < -0.4 is 0 Å². The van der Waals surface area contributed by atoms with Crippen LogP contribution >= 0.6 is 12.2 Å². The van der Waals surface area contributed by atoms with E-state index in [4.69, 9.17) is 12.2 Å². The van der Waals surface area contributed by atoms with Gasteiger partial charge in [-0.1, -0.05) is 49.5 Å². The predicted octanol–water partition coefficient (Wildman–Crippen LogP) is 4.17. The Kier molecular flexibility index (Phi) is 2.59. The summed E-state index contributed by atoms with van der Waals surface area (Å²) >= 11 is 5.39. The first-order valence-electron chi connectivity index (χ1n) is 6.27. The summed E-state index contributed by atoms with van der Waals surface area (Å²) in [4.78, 5) is 8.05. The van der Waals surface area contributed by atoms with Crippen molar-refractivity contribution in [2.45, 2.75) is 32.1 Å². The minimum absolute atomic E-state index is 0.213. The maximum Gasteiger partial charge on any atom is 0.133 e. The highest BCUT2D eigenvalue weighted by Crippen LogP contribution is 2.46. The van der Waals surface area contributed by atoms with Crippen LogP contribution in [-0.4, -0.2) is 9.97 Å². The van der Waals surface area contributed by atoms with Crippen molar-refractivity contribution >= 4 is 12.2 Å². The Morgan fingerprint density at radius 2 is 1.89 bits per heavy atom. The standard InChI is InChI=1S/C15H16N2S/c1-10-12(11-6-4-3-5-7-11)16-14(17-13(10)18)15(2)8-9-15/h3-7H,8-9H2,1-2H3,(H,16,17,18). The van der Waals surface area contributed by atoms with Crippen LogP contribution in [0, 0.1) is 11.6 Å². The number of H-pyrrole nitrogens is 1. The van der Waals surface area contributed by atoms with Crippen LogP contribution in [0.25, 0.3) is 11.3 Å². The summed E-state index contributed by atoms with van der Waals surface area (Å²) in [7, 11) is 0. The molecule has 3 rings (SSSR count). The lowest BCUT2D eigenvalue weighted by Gasteiger charge is -2.13. The van der Waals surface area contributed by atoms with Gasteiger partial charge in [0.2, 0.25) is 0 Å². The third-order valence-corrected chi connectivity index (χ3v) is 4.18. The van der Waals surface area contributed by atoms with Gasteiger partial charge in [0.25, 0.3) is 0 Å². The van der Waals surface area contributed by atoms with Crippen molar-refractivity contribution in [1.82, 2.24) is 9.97 Å². The maximum atomic E-state index is 5.39. The van der Waals surface area contributed by atoms with Crippen LogP contribution in [0.2, 0.25) is 0 Å². The molecule has 0 amide bonds. The highest BCUT2D eigenvalue weighted by molar-refractivity contribution is 7.71. The molecule has 1 aliphatic rings. The van der Waals surface area contributed by atoms with Gasteiger partial charge >= 0.3 is 0 Å². The lowest BCUT2D eigenvalue weighted by Crippen LogP contribution is -2.09. The summed E-state index contributed by atoms with van der Waals surface area (Å²) in [5.74, 6) is 1.04. The largest absolute Gasteiger partial charge is 0.342 e. The van der Waals surface area contributed by atoms with Crippen LogP contribution in [0.4, 0.5) is 0 Å². The van der Waals surface area contributed by atoms with E-state index in [1.807, 2.05) is 25.1 Å². The van der Waals surface area contributed by atoms with E-state index in [0.29, 0.717) is 0 Å². The van der Waals surface area contributed by atoms with E-state index in [2.05, 4.69) is 29.0 Å². The molecule has 1 heterocycles. The highest BCUT2D eigenvalue weighted by atomic mass is 32.1. The lowest BCUT2D eigenvalue weighted by atomic mass is 10.1. The number of hydrogen-bond donors (Lipinski definition) is 1. The Balaban J connectivity index is 2.20. The van der Waals surface area contributed by atoms with Crippen molar-refractivity contribution in [1.29, 1.82) is 0 Å². The smallest absolute Gasteiger partial charge is 0.133 e. The lowest BCUT2D eigenvalue weighted by molar-refractivity contribution is 0.706. The first kappa shape index (κ1) is 11.6. The number of benzene rings is 1.